The van der Waals surface area contributed by atoms with Crippen LogP contribution in [0.15, 0.2) is 0 Å². The van der Waals surface area contributed by atoms with Crippen LogP contribution in [0.5, 0.6) is 0 Å². The Morgan fingerprint density at radius 2 is 1.79 bits per heavy atom. The highest BCUT2D eigenvalue weighted by molar-refractivity contribution is 4.76. The zero-order valence-corrected chi connectivity index (χ0v) is 9.47. The van der Waals surface area contributed by atoms with Gasteiger partial charge in [-0.05, 0) is 57.7 Å². The quantitative estimate of drug-likeness (QED) is 0.736. The average Bonchev–Trinajstić information content (AvgIpc) is 2.13. The second-order valence-electron chi connectivity index (χ2n) is 5.23. The van der Waals surface area contributed by atoms with Gasteiger partial charge in [-0.15, -0.1) is 0 Å². The van der Waals surface area contributed by atoms with Crippen LogP contribution in [0.25, 0.3) is 0 Å². The average molecular weight is 196 g/mol. The smallest absolute Gasteiger partial charge is 0.00189 e. The zero-order chi connectivity index (χ0) is 9.80. The highest BCUT2D eigenvalue weighted by atomic mass is 15.1. The SMILES string of the molecule is CN(CC1CCC1)CC1CCCNC1. The zero-order valence-electron chi connectivity index (χ0n) is 9.47. The molecule has 0 spiro atoms. The summed E-state index contributed by atoms with van der Waals surface area (Å²) in [6.45, 7) is 5.14. The van der Waals surface area contributed by atoms with Crippen LogP contribution in [0, 0.1) is 11.8 Å². The van der Waals surface area contributed by atoms with Crippen molar-refractivity contribution in [1.29, 1.82) is 0 Å². The molecule has 1 saturated carbocycles. The number of nitrogens with one attached hydrogen (secondary N) is 1. The maximum Gasteiger partial charge on any atom is 0.00189 e. The molecule has 0 aromatic carbocycles. The van der Waals surface area contributed by atoms with Crippen molar-refractivity contribution in [1.82, 2.24) is 10.2 Å². The van der Waals surface area contributed by atoms with Crippen molar-refractivity contribution in [3.63, 3.8) is 0 Å². The minimum absolute atomic E-state index is 0.911. The first-order chi connectivity index (χ1) is 6.84. The van der Waals surface area contributed by atoms with E-state index in [9.17, 15) is 0 Å². The summed E-state index contributed by atoms with van der Waals surface area (Å²) in [5.74, 6) is 1.94. The summed E-state index contributed by atoms with van der Waals surface area (Å²) in [7, 11) is 2.30. The summed E-state index contributed by atoms with van der Waals surface area (Å²) in [5, 5.41) is 3.49. The van der Waals surface area contributed by atoms with Gasteiger partial charge in [0.1, 0.15) is 0 Å². The fraction of sp³-hybridized carbons (Fsp3) is 1.00. The fourth-order valence-corrected chi connectivity index (χ4v) is 2.71. The Bertz CT molecular complexity index is 160. The lowest BCUT2D eigenvalue weighted by atomic mass is 9.85. The number of hydrogen-bond acceptors (Lipinski definition) is 2. The van der Waals surface area contributed by atoms with Gasteiger partial charge in [-0.3, -0.25) is 0 Å². The van der Waals surface area contributed by atoms with Crippen molar-refractivity contribution in [2.45, 2.75) is 32.1 Å². The first-order valence-electron chi connectivity index (χ1n) is 6.24. The van der Waals surface area contributed by atoms with Crippen molar-refractivity contribution in [2.75, 3.05) is 33.2 Å². The summed E-state index contributed by atoms with van der Waals surface area (Å²) in [6, 6.07) is 0. The van der Waals surface area contributed by atoms with Crippen LogP contribution in [0.1, 0.15) is 32.1 Å². The minimum atomic E-state index is 0.911. The molecule has 2 aliphatic rings. The second-order valence-corrected chi connectivity index (χ2v) is 5.23. The van der Waals surface area contributed by atoms with E-state index in [-0.39, 0.29) is 0 Å². The maximum atomic E-state index is 3.49. The van der Waals surface area contributed by atoms with Crippen LogP contribution >= 0.6 is 0 Å². The Kier molecular flexibility index (Phi) is 3.82. The van der Waals surface area contributed by atoms with E-state index in [2.05, 4.69) is 17.3 Å². The molecular weight excluding hydrogens is 172 g/mol. The van der Waals surface area contributed by atoms with Crippen LogP contribution in [-0.4, -0.2) is 38.1 Å². The van der Waals surface area contributed by atoms with Gasteiger partial charge in [-0.25, -0.2) is 0 Å². The fourth-order valence-electron chi connectivity index (χ4n) is 2.71. The predicted octanol–water partition coefficient (Wildman–Crippen LogP) is 1.72. The molecule has 1 atom stereocenters. The Hall–Kier alpha value is -0.0800. The lowest BCUT2D eigenvalue weighted by Crippen LogP contribution is -2.39. The van der Waals surface area contributed by atoms with Gasteiger partial charge in [0, 0.05) is 13.1 Å². The van der Waals surface area contributed by atoms with Gasteiger partial charge >= 0.3 is 0 Å². The van der Waals surface area contributed by atoms with Crippen LogP contribution < -0.4 is 5.32 Å². The number of piperidine rings is 1. The van der Waals surface area contributed by atoms with Crippen molar-refractivity contribution >= 4 is 0 Å². The highest BCUT2D eigenvalue weighted by Crippen LogP contribution is 2.27. The molecule has 2 fully saturated rings. The molecule has 0 bridgehead atoms. The summed E-state index contributed by atoms with van der Waals surface area (Å²) >= 11 is 0. The van der Waals surface area contributed by atoms with E-state index >= 15 is 0 Å². The lowest BCUT2D eigenvalue weighted by molar-refractivity contribution is 0.174. The van der Waals surface area contributed by atoms with Crippen molar-refractivity contribution in [3.05, 3.63) is 0 Å². The highest BCUT2D eigenvalue weighted by Gasteiger charge is 2.21. The van der Waals surface area contributed by atoms with Crippen molar-refractivity contribution < 1.29 is 0 Å². The molecule has 1 N–H and O–H groups in total. The van der Waals surface area contributed by atoms with Gasteiger partial charge in [0.25, 0.3) is 0 Å². The third-order valence-corrected chi connectivity index (χ3v) is 3.76. The molecule has 0 radical (unpaired) electrons. The monoisotopic (exact) mass is 196 g/mol. The Morgan fingerprint density at radius 3 is 2.36 bits per heavy atom. The maximum absolute atomic E-state index is 3.49. The predicted molar refractivity (Wildman–Crippen MR) is 60.4 cm³/mol. The lowest BCUT2D eigenvalue weighted by Gasteiger charge is -2.33. The third kappa shape index (κ3) is 2.96. The molecule has 2 nitrogen and oxygen atoms in total. The Balaban J connectivity index is 1.62. The van der Waals surface area contributed by atoms with Crippen molar-refractivity contribution in [3.8, 4) is 0 Å². The molecule has 82 valence electrons. The molecule has 1 unspecified atom stereocenters. The molecular formula is C12H24N2. The topological polar surface area (TPSA) is 15.3 Å². The van der Waals surface area contributed by atoms with E-state index < -0.39 is 0 Å². The molecule has 1 heterocycles. The van der Waals surface area contributed by atoms with E-state index in [0.29, 0.717) is 0 Å². The Labute approximate surface area is 88.1 Å². The molecule has 1 aliphatic heterocycles. The molecule has 0 aromatic rings. The van der Waals surface area contributed by atoms with Gasteiger partial charge in [-0.1, -0.05) is 6.42 Å². The van der Waals surface area contributed by atoms with Gasteiger partial charge in [-0.2, -0.15) is 0 Å². The van der Waals surface area contributed by atoms with E-state index in [1.807, 2.05) is 0 Å². The van der Waals surface area contributed by atoms with Gasteiger partial charge in [0.05, 0.1) is 0 Å². The van der Waals surface area contributed by atoms with Gasteiger partial charge < -0.3 is 10.2 Å². The van der Waals surface area contributed by atoms with E-state index in [4.69, 9.17) is 0 Å². The second kappa shape index (κ2) is 5.13. The van der Waals surface area contributed by atoms with Crippen LogP contribution in [0.2, 0.25) is 0 Å². The van der Waals surface area contributed by atoms with Crippen molar-refractivity contribution in [2.24, 2.45) is 11.8 Å². The number of rotatable bonds is 4. The minimum Gasteiger partial charge on any atom is -0.316 e. The molecule has 1 aliphatic carbocycles. The first-order valence-corrected chi connectivity index (χ1v) is 6.24. The standard InChI is InChI=1S/C12H24N2/c1-14(9-11-4-2-5-11)10-12-6-3-7-13-8-12/h11-13H,2-10H2,1H3. The summed E-state index contributed by atoms with van der Waals surface area (Å²) < 4.78 is 0. The Morgan fingerprint density at radius 1 is 1.07 bits per heavy atom. The third-order valence-electron chi connectivity index (χ3n) is 3.76. The van der Waals surface area contributed by atoms with E-state index in [1.54, 1.807) is 0 Å². The molecule has 0 amide bonds. The summed E-state index contributed by atoms with van der Waals surface area (Å²) in [6.07, 6.45) is 7.24. The summed E-state index contributed by atoms with van der Waals surface area (Å²) in [5.41, 5.74) is 0. The first kappa shape index (κ1) is 10.4. The number of nitrogens with zero attached hydrogens (tertiary/aromatic N) is 1. The molecule has 14 heavy (non-hydrogen) atoms. The van der Waals surface area contributed by atoms with Crippen LogP contribution in [0.4, 0.5) is 0 Å². The summed E-state index contributed by atoms with van der Waals surface area (Å²) in [4.78, 5) is 2.56. The van der Waals surface area contributed by atoms with Gasteiger partial charge in [0.2, 0.25) is 0 Å². The number of hydrogen-bond donors (Lipinski definition) is 1. The normalized spacial score (nSPS) is 29.1. The van der Waals surface area contributed by atoms with Crippen LogP contribution in [-0.2, 0) is 0 Å². The largest absolute Gasteiger partial charge is 0.316 e. The van der Waals surface area contributed by atoms with Crippen LogP contribution in [0.3, 0.4) is 0 Å². The van der Waals surface area contributed by atoms with E-state index in [1.165, 1.54) is 58.3 Å². The molecule has 2 rings (SSSR count). The molecule has 2 heteroatoms. The van der Waals surface area contributed by atoms with E-state index in [0.717, 1.165) is 11.8 Å². The molecule has 0 aromatic heterocycles. The van der Waals surface area contributed by atoms with Gasteiger partial charge in [0.15, 0.2) is 0 Å². The molecule has 1 saturated heterocycles.